The summed E-state index contributed by atoms with van der Waals surface area (Å²) in [6.45, 7) is 7.65. The number of hydrogen-bond acceptors (Lipinski definition) is 8. The maximum absolute atomic E-state index is 12.3. The van der Waals surface area contributed by atoms with E-state index in [0.29, 0.717) is 31.8 Å². The first-order chi connectivity index (χ1) is 16.1. The summed E-state index contributed by atoms with van der Waals surface area (Å²) in [7, 11) is 0. The number of anilines is 2. The van der Waals surface area contributed by atoms with Gasteiger partial charge in [-0.05, 0) is 45.1 Å². The number of hydrogen-bond donors (Lipinski definition) is 1. The normalized spacial score (nSPS) is 22.8. The van der Waals surface area contributed by atoms with E-state index in [1.54, 1.807) is 11.8 Å². The molecule has 9 heteroatoms. The molecular weight excluding hydrogens is 420 g/mol. The molecular formula is C24H38N6O3. The smallest absolute Gasteiger partial charge is 0.315 e. The van der Waals surface area contributed by atoms with Crippen LogP contribution in [0.15, 0.2) is 12.3 Å². The van der Waals surface area contributed by atoms with Gasteiger partial charge in [-0.25, -0.2) is 4.98 Å². The molecule has 4 rings (SSSR count). The summed E-state index contributed by atoms with van der Waals surface area (Å²) < 4.78 is 4.90. The highest BCUT2D eigenvalue weighted by Crippen LogP contribution is 2.24. The Morgan fingerprint density at radius 1 is 1.06 bits per heavy atom. The minimum absolute atomic E-state index is 0.116. The number of likely N-dealkylation sites (tertiary alicyclic amines) is 2. The Morgan fingerprint density at radius 3 is 2.55 bits per heavy atom. The molecule has 3 aliphatic rings. The van der Waals surface area contributed by atoms with E-state index >= 15 is 0 Å². The first kappa shape index (κ1) is 23.7. The number of esters is 1. The number of amides is 1. The van der Waals surface area contributed by atoms with Crippen molar-refractivity contribution in [3.05, 3.63) is 12.3 Å². The molecule has 0 bridgehead atoms. The molecule has 0 aliphatic carbocycles. The number of rotatable bonds is 7. The average molecular weight is 459 g/mol. The number of nitrogens with one attached hydrogen (secondary N) is 1. The molecule has 1 atom stereocenters. The SMILES string of the molecule is CCOC(=O)CC(=O)N1CCC(N2CCC(Nc3nccc(N4CCCCCC4)n3)C2)CC1. The highest BCUT2D eigenvalue weighted by atomic mass is 16.5. The van der Waals surface area contributed by atoms with Crippen LogP contribution in [0.25, 0.3) is 0 Å². The lowest BCUT2D eigenvalue weighted by Crippen LogP contribution is -2.46. The monoisotopic (exact) mass is 458 g/mol. The van der Waals surface area contributed by atoms with Crippen molar-refractivity contribution < 1.29 is 14.3 Å². The molecule has 1 amide bonds. The molecule has 0 aromatic carbocycles. The highest BCUT2D eigenvalue weighted by molar-refractivity contribution is 5.94. The summed E-state index contributed by atoms with van der Waals surface area (Å²) in [5.74, 6) is 1.21. The lowest BCUT2D eigenvalue weighted by molar-refractivity contribution is -0.149. The van der Waals surface area contributed by atoms with Gasteiger partial charge in [-0.3, -0.25) is 14.5 Å². The Balaban J connectivity index is 1.23. The van der Waals surface area contributed by atoms with Gasteiger partial charge in [-0.2, -0.15) is 4.98 Å². The summed E-state index contributed by atoms with van der Waals surface area (Å²) >= 11 is 0. The number of carbonyl (C=O) groups is 2. The van der Waals surface area contributed by atoms with E-state index < -0.39 is 5.97 Å². The Morgan fingerprint density at radius 2 is 1.82 bits per heavy atom. The largest absolute Gasteiger partial charge is 0.466 e. The van der Waals surface area contributed by atoms with Crippen molar-refractivity contribution in [3.63, 3.8) is 0 Å². The van der Waals surface area contributed by atoms with Crippen molar-refractivity contribution >= 4 is 23.6 Å². The van der Waals surface area contributed by atoms with E-state index in [1.165, 1.54) is 25.7 Å². The fourth-order valence-corrected chi connectivity index (χ4v) is 5.24. The quantitative estimate of drug-likeness (QED) is 0.492. The summed E-state index contributed by atoms with van der Waals surface area (Å²) in [5.41, 5.74) is 0. The molecule has 0 saturated carbocycles. The van der Waals surface area contributed by atoms with Crippen LogP contribution in [0, 0.1) is 0 Å². The lowest BCUT2D eigenvalue weighted by Gasteiger charge is -2.36. The van der Waals surface area contributed by atoms with Gasteiger partial charge in [-0.1, -0.05) is 12.8 Å². The minimum Gasteiger partial charge on any atom is -0.466 e. The first-order valence-electron chi connectivity index (χ1n) is 12.6. The van der Waals surface area contributed by atoms with Crippen molar-refractivity contribution in [1.82, 2.24) is 19.8 Å². The molecule has 1 aromatic rings. The van der Waals surface area contributed by atoms with Crippen LogP contribution in [0.3, 0.4) is 0 Å². The molecule has 3 saturated heterocycles. The van der Waals surface area contributed by atoms with Crippen LogP contribution in [0.2, 0.25) is 0 Å². The van der Waals surface area contributed by atoms with Crippen LogP contribution in [-0.2, 0) is 14.3 Å². The summed E-state index contributed by atoms with van der Waals surface area (Å²) in [6.07, 6.45) is 9.77. The van der Waals surface area contributed by atoms with E-state index in [-0.39, 0.29) is 12.3 Å². The van der Waals surface area contributed by atoms with E-state index in [9.17, 15) is 9.59 Å². The first-order valence-corrected chi connectivity index (χ1v) is 12.6. The van der Waals surface area contributed by atoms with Gasteiger partial charge in [0.25, 0.3) is 0 Å². The second-order valence-electron chi connectivity index (χ2n) is 9.36. The Kier molecular flexibility index (Phi) is 8.36. The number of nitrogens with zero attached hydrogens (tertiary/aromatic N) is 5. The topological polar surface area (TPSA) is 90.9 Å². The summed E-state index contributed by atoms with van der Waals surface area (Å²) in [5, 5.41) is 3.56. The van der Waals surface area contributed by atoms with Gasteiger partial charge in [-0.15, -0.1) is 0 Å². The maximum Gasteiger partial charge on any atom is 0.315 e. The van der Waals surface area contributed by atoms with Gasteiger partial charge < -0.3 is 19.9 Å². The molecule has 182 valence electrons. The zero-order valence-corrected chi connectivity index (χ0v) is 19.9. The molecule has 1 unspecified atom stereocenters. The molecule has 1 aromatic heterocycles. The molecule has 9 nitrogen and oxygen atoms in total. The van der Waals surface area contributed by atoms with Crippen molar-refractivity contribution in [1.29, 1.82) is 0 Å². The molecule has 1 N–H and O–H groups in total. The van der Waals surface area contributed by atoms with E-state index in [0.717, 1.165) is 57.2 Å². The minimum atomic E-state index is -0.430. The fourth-order valence-electron chi connectivity index (χ4n) is 5.24. The van der Waals surface area contributed by atoms with Crippen molar-refractivity contribution in [2.75, 3.05) is 56.1 Å². The number of aromatic nitrogens is 2. The van der Waals surface area contributed by atoms with Gasteiger partial charge in [0.15, 0.2) is 0 Å². The number of piperidine rings is 1. The lowest BCUT2D eigenvalue weighted by atomic mass is 10.0. The van der Waals surface area contributed by atoms with Gasteiger partial charge in [0.1, 0.15) is 12.2 Å². The van der Waals surface area contributed by atoms with E-state index in [2.05, 4.69) is 20.1 Å². The maximum atomic E-state index is 12.3. The summed E-state index contributed by atoms with van der Waals surface area (Å²) in [6, 6.07) is 2.84. The molecule has 3 aliphatic heterocycles. The van der Waals surface area contributed by atoms with E-state index in [1.807, 2.05) is 12.3 Å². The third-order valence-electron chi connectivity index (χ3n) is 7.06. The predicted molar refractivity (Wildman–Crippen MR) is 127 cm³/mol. The second-order valence-corrected chi connectivity index (χ2v) is 9.36. The molecule has 0 spiro atoms. The van der Waals surface area contributed by atoms with Crippen molar-refractivity contribution in [2.45, 2.75) is 70.4 Å². The zero-order valence-electron chi connectivity index (χ0n) is 19.9. The van der Waals surface area contributed by atoms with Gasteiger partial charge in [0.05, 0.1) is 6.61 Å². The third kappa shape index (κ3) is 6.56. The van der Waals surface area contributed by atoms with Crippen LogP contribution in [0.1, 0.15) is 58.3 Å². The van der Waals surface area contributed by atoms with Crippen LogP contribution < -0.4 is 10.2 Å². The fraction of sp³-hybridized carbons (Fsp3) is 0.750. The Bertz CT molecular complexity index is 790. The second kappa shape index (κ2) is 11.6. The molecule has 33 heavy (non-hydrogen) atoms. The van der Waals surface area contributed by atoms with Crippen molar-refractivity contribution in [3.8, 4) is 0 Å². The van der Waals surface area contributed by atoms with E-state index in [4.69, 9.17) is 9.72 Å². The molecule has 0 radical (unpaired) electrons. The Labute approximate surface area is 196 Å². The molecule has 4 heterocycles. The highest BCUT2D eigenvalue weighted by Gasteiger charge is 2.32. The third-order valence-corrected chi connectivity index (χ3v) is 7.06. The standard InChI is InChI=1S/C24H38N6O3/c1-2-33-23(32)17-22(31)29-15-9-20(10-16-29)30-14-8-19(18-30)26-24-25-11-7-21(27-24)28-12-5-3-4-6-13-28/h7,11,19-20H,2-6,8-10,12-18H2,1H3,(H,25,26,27). The van der Waals surface area contributed by atoms with Crippen LogP contribution in [0.5, 0.6) is 0 Å². The molecule has 3 fully saturated rings. The Hall–Kier alpha value is -2.42. The summed E-state index contributed by atoms with van der Waals surface area (Å²) in [4.78, 5) is 39.9. The average Bonchev–Trinajstić information content (AvgIpc) is 3.11. The van der Waals surface area contributed by atoms with Gasteiger partial charge in [0, 0.05) is 57.5 Å². The van der Waals surface area contributed by atoms with Crippen LogP contribution in [0.4, 0.5) is 11.8 Å². The van der Waals surface area contributed by atoms with Gasteiger partial charge in [0.2, 0.25) is 11.9 Å². The number of ether oxygens (including phenoxy) is 1. The number of carbonyl (C=O) groups excluding carboxylic acids is 2. The van der Waals surface area contributed by atoms with Crippen LogP contribution >= 0.6 is 0 Å². The zero-order chi connectivity index (χ0) is 23.0. The van der Waals surface area contributed by atoms with Crippen LogP contribution in [-0.4, -0.2) is 89.6 Å². The van der Waals surface area contributed by atoms with Gasteiger partial charge >= 0.3 is 5.97 Å². The predicted octanol–water partition coefficient (Wildman–Crippen LogP) is 2.29. The van der Waals surface area contributed by atoms with Crippen molar-refractivity contribution in [2.24, 2.45) is 0 Å².